The first-order chi connectivity index (χ1) is 12.3. The zero-order valence-electron chi connectivity index (χ0n) is 14.9. The topological polar surface area (TPSA) is 119 Å². The second kappa shape index (κ2) is 8.24. The van der Waals surface area contributed by atoms with E-state index in [-0.39, 0.29) is 34.5 Å². The minimum absolute atomic E-state index is 0.103. The van der Waals surface area contributed by atoms with Crippen LogP contribution in [0.15, 0.2) is 30.5 Å². The maximum absolute atomic E-state index is 12.4. The second-order valence-electron chi connectivity index (χ2n) is 6.11. The molecule has 26 heavy (non-hydrogen) atoms. The van der Waals surface area contributed by atoms with Crippen LogP contribution in [0.25, 0.3) is 0 Å². The standard InChI is InChI=1S/C17H21N5O4/c1-4-21-10-14(15(20-21)17(24)18-9-11(2)3)19-16(23)12-6-5-7-13(8-12)22(25)26/h5-8,10-11H,4,9H2,1-3H3,(H,18,24)(H,19,23). The van der Waals surface area contributed by atoms with Gasteiger partial charge in [0.2, 0.25) is 0 Å². The number of aryl methyl sites for hydroxylation is 1. The molecule has 0 fully saturated rings. The Morgan fingerprint density at radius 1 is 1.31 bits per heavy atom. The smallest absolute Gasteiger partial charge is 0.273 e. The quantitative estimate of drug-likeness (QED) is 0.581. The number of hydrogen-bond acceptors (Lipinski definition) is 5. The first-order valence-corrected chi connectivity index (χ1v) is 8.23. The van der Waals surface area contributed by atoms with Crippen LogP contribution in [0, 0.1) is 16.0 Å². The molecule has 0 spiro atoms. The number of hydrogen-bond donors (Lipinski definition) is 2. The van der Waals surface area contributed by atoms with Crippen molar-refractivity contribution >= 4 is 23.2 Å². The number of amides is 2. The van der Waals surface area contributed by atoms with E-state index in [1.165, 1.54) is 28.9 Å². The van der Waals surface area contributed by atoms with E-state index in [0.29, 0.717) is 13.1 Å². The predicted octanol–water partition coefficient (Wildman–Crippen LogP) is 2.45. The van der Waals surface area contributed by atoms with Crippen LogP contribution in [0.1, 0.15) is 41.6 Å². The van der Waals surface area contributed by atoms with Gasteiger partial charge in [-0.05, 0) is 18.9 Å². The van der Waals surface area contributed by atoms with E-state index in [1.807, 2.05) is 20.8 Å². The lowest BCUT2D eigenvalue weighted by molar-refractivity contribution is -0.384. The molecule has 0 aliphatic heterocycles. The molecule has 0 radical (unpaired) electrons. The molecule has 2 amide bonds. The maximum atomic E-state index is 12.4. The van der Waals surface area contributed by atoms with E-state index >= 15 is 0 Å². The van der Waals surface area contributed by atoms with Gasteiger partial charge in [0.05, 0.1) is 10.6 Å². The van der Waals surface area contributed by atoms with Crippen LogP contribution in [0.2, 0.25) is 0 Å². The Morgan fingerprint density at radius 2 is 2.04 bits per heavy atom. The maximum Gasteiger partial charge on any atom is 0.273 e. The highest BCUT2D eigenvalue weighted by Crippen LogP contribution is 2.18. The van der Waals surface area contributed by atoms with Crippen molar-refractivity contribution in [1.29, 1.82) is 0 Å². The second-order valence-corrected chi connectivity index (χ2v) is 6.11. The third-order valence-corrected chi connectivity index (χ3v) is 3.54. The van der Waals surface area contributed by atoms with Crippen LogP contribution < -0.4 is 10.6 Å². The number of carbonyl (C=O) groups excluding carboxylic acids is 2. The molecule has 0 aliphatic rings. The van der Waals surface area contributed by atoms with E-state index in [4.69, 9.17) is 0 Å². The monoisotopic (exact) mass is 359 g/mol. The largest absolute Gasteiger partial charge is 0.350 e. The molecule has 138 valence electrons. The summed E-state index contributed by atoms with van der Waals surface area (Å²) in [4.78, 5) is 35.0. The van der Waals surface area contributed by atoms with E-state index in [2.05, 4.69) is 15.7 Å². The summed E-state index contributed by atoms with van der Waals surface area (Å²) < 4.78 is 1.54. The van der Waals surface area contributed by atoms with Gasteiger partial charge in [-0.3, -0.25) is 24.4 Å². The van der Waals surface area contributed by atoms with Crippen molar-refractivity contribution in [3.8, 4) is 0 Å². The molecule has 9 heteroatoms. The number of nitro groups is 1. The lowest BCUT2D eigenvalue weighted by atomic mass is 10.2. The highest BCUT2D eigenvalue weighted by molar-refractivity contribution is 6.08. The van der Waals surface area contributed by atoms with Gasteiger partial charge in [0.25, 0.3) is 17.5 Å². The number of nitrogens with zero attached hydrogens (tertiary/aromatic N) is 3. The average Bonchev–Trinajstić information content (AvgIpc) is 3.02. The van der Waals surface area contributed by atoms with Gasteiger partial charge in [-0.1, -0.05) is 19.9 Å². The van der Waals surface area contributed by atoms with Crippen molar-refractivity contribution < 1.29 is 14.5 Å². The SMILES string of the molecule is CCn1cc(NC(=O)c2cccc([N+](=O)[O-])c2)c(C(=O)NCC(C)C)n1. The van der Waals surface area contributed by atoms with E-state index in [0.717, 1.165) is 0 Å². The molecule has 9 nitrogen and oxygen atoms in total. The highest BCUT2D eigenvalue weighted by atomic mass is 16.6. The molecule has 0 saturated heterocycles. The first-order valence-electron chi connectivity index (χ1n) is 8.23. The number of nitrogens with one attached hydrogen (secondary N) is 2. The summed E-state index contributed by atoms with van der Waals surface area (Å²) in [6.07, 6.45) is 1.56. The normalized spacial score (nSPS) is 10.6. The fraction of sp³-hybridized carbons (Fsp3) is 0.353. The predicted molar refractivity (Wildman–Crippen MR) is 96.1 cm³/mol. The van der Waals surface area contributed by atoms with Crippen molar-refractivity contribution in [2.45, 2.75) is 27.3 Å². The van der Waals surface area contributed by atoms with Gasteiger partial charge in [0.15, 0.2) is 5.69 Å². The molecule has 0 saturated carbocycles. The number of rotatable bonds is 7. The van der Waals surface area contributed by atoms with Crippen LogP contribution in [0.5, 0.6) is 0 Å². The Kier molecular flexibility index (Phi) is 6.05. The van der Waals surface area contributed by atoms with Crippen LogP contribution >= 0.6 is 0 Å². The third-order valence-electron chi connectivity index (χ3n) is 3.54. The van der Waals surface area contributed by atoms with Gasteiger partial charge in [0, 0.05) is 37.0 Å². The summed E-state index contributed by atoms with van der Waals surface area (Å²) in [5.41, 5.74) is 0.296. The summed E-state index contributed by atoms with van der Waals surface area (Å²) >= 11 is 0. The number of anilines is 1. The molecule has 0 unspecified atom stereocenters. The Hall–Kier alpha value is -3.23. The fourth-order valence-corrected chi connectivity index (χ4v) is 2.18. The Bertz CT molecular complexity index is 828. The first kappa shape index (κ1) is 19.1. The Balaban J connectivity index is 2.24. The molecule has 1 heterocycles. The number of benzene rings is 1. The van der Waals surface area contributed by atoms with E-state index in [1.54, 1.807) is 6.20 Å². The summed E-state index contributed by atoms with van der Waals surface area (Å²) in [6, 6.07) is 5.37. The van der Waals surface area contributed by atoms with Gasteiger partial charge in [-0.15, -0.1) is 0 Å². The van der Waals surface area contributed by atoms with E-state index < -0.39 is 10.8 Å². The summed E-state index contributed by atoms with van der Waals surface area (Å²) in [6.45, 7) is 6.80. The van der Waals surface area contributed by atoms with Crippen LogP contribution in [0.4, 0.5) is 11.4 Å². The fourth-order valence-electron chi connectivity index (χ4n) is 2.18. The van der Waals surface area contributed by atoms with E-state index in [9.17, 15) is 19.7 Å². The van der Waals surface area contributed by atoms with Crippen molar-refractivity contribution in [3.63, 3.8) is 0 Å². The van der Waals surface area contributed by atoms with Gasteiger partial charge >= 0.3 is 0 Å². The van der Waals surface area contributed by atoms with Gasteiger partial charge < -0.3 is 10.6 Å². The number of aromatic nitrogens is 2. The average molecular weight is 359 g/mol. The number of non-ortho nitro benzene ring substituents is 1. The molecule has 2 aromatic rings. The molecular formula is C17H21N5O4. The molecular weight excluding hydrogens is 338 g/mol. The van der Waals surface area contributed by atoms with Gasteiger partial charge in [-0.25, -0.2) is 0 Å². The highest BCUT2D eigenvalue weighted by Gasteiger charge is 2.20. The number of nitro benzene ring substituents is 1. The molecule has 2 rings (SSSR count). The minimum atomic E-state index is -0.573. The summed E-state index contributed by atoms with van der Waals surface area (Å²) in [5, 5.41) is 20.4. The Labute approximate surface area is 150 Å². The van der Waals surface area contributed by atoms with Crippen LogP contribution in [0.3, 0.4) is 0 Å². The van der Waals surface area contributed by atoms with Crippen LogP contribution in [-0.4, -0.2) is 33.1 Å². The molecule has 0 bridgehead atoms. The van der Waals surface area contributed by atoms with Crippen molar-refractivity contribution in [1.82, 2.24) is 15.1 Å². The summed E-state index contributed by atoms with van der Waals surface area (Å²) in [5.74, 6) is -0.669. The molecule has 2 N–H and O–H groups in total. The summed E-state index contributed by atoms with van der Waals surface area (Å²) in [7, 11) is 0. The Morgan fingerprint density at radius 3 is 2.65 bits per heavy atom. The third kappa shape index (κ3) is 4.65. The van der Waals surface area contributed by atoms with Crippen molar-refractivity contribution in [3.05, 3.63) is 51.8 Å². The lowest BCUT2D eigenvalue weighted by Gasteiger charge is -2.08. The zero-order chi connectivity index (χ0) is 19.3. The molecule has 1 aromatic heterocycles. The van der Waals surface area contributed by atoms with Gasteiger partial charge in [0.1, 0.15) is 0 Å². The number of carbonyl (C=O) groups is 2. The zero-order valence-corrected chi connectivity index (χ0v) is 14.9. The van der Waals surface area contributed by atoms with Gasteiger partial charge in [-0.2, -0.15) is 5.10 Å². The van der Waals surface area contributed by atoms with Crippen molar-refractivity contribution in [2.24, 2.45) is 5.92 Å². The molecule has 1 aromatic carbocycles. The lowest BCUT2D eigenvalue weighted by Crippen LogP contribution is -2.28. The molecule has 0 aliphatic carbocycles. The molecule has 0 atom stereocenters. The van der Waals surface area contributed by atoms with Crippen molar-refractivity contribution in [2.75, 3.05) is 11.9 Å². The minimum Gasteiger partial charge on any atom is -0.350 e. The van der Waals surface area contributed by atoms with Crippen LogP contribution in [-0.2, 0) is 6.54 Å².